The normalized spacial score (nSPS) is 20.9. The second-order valence-corrected chi connectivity index (χ2v) is 19.6. The molecule has 1 saturated carbocycles. The summed E-state index contributed by atoms with van der Waals surface area (Å²) < 4.78 is 50.3. The number of amides is 4. The molecule has 75 heavy (non-hydrogen) atoms. The van der Waals surface area contributed by atoms with Gasteiger partial charge < -0.3 is 55.2 Å². The summed E-state index contributed by atoms with van der Waals surface area (Å²) in [5.41, 5.74) is 0.625. The number of fused-ring (bicyclic) bond motifs is 2. The molecule has 5 atom stereocenters. The van der Waals surface area contributed by atoms with Gasteiger partial charge in [0.05, 0.1) is 54.5 Å². The molecule has 5 N–H and O–H groups in total. The van der Waals surface area contributed by atoms with E-state index >= 15 is 0 Å². The van der Waals surface area contributed by atoms with Crippen molar-refractivity contribution >= 4 is 41.2 Å². The van der Waals surface area contributed by atoms with Crippen molar-refractivity contribution in [2.75, 3.05) is 81.3 Å². The van der Waals surface area contributed by atoms with Gasteiger partial charge in [0, 0.05) is 101 Å². The zero-order valence-electron chi connectivity index (χ0n) is 42.0. The van der Waals surface area contributed by atoms with E-state index in [1.54, 1.807) is 41.7 Å². The average molecular weight is 1040 g/mol. The summed E-state index contributed by atoms with van der Waals surface area (Å²) in [4.78, 5) is 85.8. The van der Waals surface area contributed by atoms with Gasteiger partial charge in [-0.15, -0.1) is 0 Å². The van der Waals surface area contributed by atoms with E-state index in [0.29, 0.717) is 104 Å². The van der Waals surface area contributed by atoms with Crippen LogP contribution < -0.4 is 25.8 Å². The molecule has 0 unspecified atom stereocenters. The van der Waals surface area contributed by atoms with Crippen LogP contribution in [0.1, 0.15) is 73.8 Å². The molecule has 3 fully saturated rings. The van der Waals surface area contributed by atoms with Crippen molar-refractivity contribution in [2.24, 2.45) is 11.8 Å². The second-order valence-electron chi connectivity index (χ2n) is 19.6. The molecule has 22 nitrogen and oxygen atoms in total. The molecule has 4 amide bonds. The van der Waals surface area contributed by atoms with Gasteiger partial charge in [-0.3, -0.25) is 19.4 Å². The molecule has 4 aromatic heterocycles. The third kappa shape index (κ3) is 12.2. The predicted octanol–water partition coefficient (Wildman–Crippen LogP) is 2.81. The molecule has 7 heterocycles. The molecule has 400 valence electrons. The number of ketones is 1. The lowest BCUT2D eigenvalue weighted by atomic mass is 9.81. The number of halogens is 3. The maximum absolute atomic E-state index is 13.5. The Balaban J connectivity index is 0.718. The molecule has 0 bridgehead atoms. The Morgan fingerprint density at radius 2 is 1.65 bits per heavy atom. The highest BCUT2D eigenvalue weighted by atomic mass is 19.4. The van der Waals surface area contributed by atoms with Crippen LogP contribution in [0.4, 0.5) is 35.5 Å². The summed E-state index contributed by atoms with van der Waals surface area (Å²) in [6, 6.07) is 8.15. The number of nitrogens with zero attached hydrogens (tertiary/aromatic N) is 11. The number of aromatic nitrogens is 6. The van der Waals surface area contributed by atoms with Gasteiger partial charge >= 0.3 is 12.2 Å². The van der Waals surface area contributed by atoms with Crippen LogP contribution in [0.2, 0.25) is 0 Å². The van der Waals surface area contributed by atoms with Gasteiger partial charge in [-0.05, 0) is 64.7 Å². The highest BCUT2D eigenvalue weighted by molar-refractivity contribution is 6.13. The number of alkyl halides is 3. The van der Waals surface area contributed by atoms with E-state index in [-0.39, 0.29) is 80.2 Å². The van der Waals surface area contributed by atoms with E-state index in [1.807, 2.05) is 29.7 Å². The third-order valence-corrected chi connectivity index (χ3v) is 14.4. The van der Waals surface area contributed by atoms with E-state index in [0.717, 1.165) is 6.20 Å². The van der Waals surface area contributed by atoms with Crippen molar-refractivity contribution in [3.63, 3.8) is 0 Å². The fraction of sp³-hybridized carbons (Fsp3) is 0.540. The number of Topliss-reactive ketones (excluding diaryl/α,β-unsaturated/α-hetero) is 1. The number of anilines is 3. The molecule has 25 heteroatoms. The summed E-state index contributed by atoms with van der Waals surface area (Å²) in [5, 5.41) is 39.4. The average Bonchev–Trinajstić information content (AvgIpc) is 3.82. The lowest BCUT2D eigenvalue weighted by molar-refractivity contribution is -0.141. The van der Waals surface area contributed by atoms with Gasteiger partial charge in [0.25, 0.3) is 0 Å². The first kappa shape index (κ1) is 54.1. The van der Waals surface area contributed by atoms with Crippen molar-refractivity contribution in [3.8, 4) is 17.3 Å². The SMILES string of the molecule is CO[C@H](CNC(=O)[C@H]1CC[C@H](C(=O)NCCOCCN2C[C@@H]3CN(c4ncc(-c5ccc6c(n5)N(Cc5cccnc5C#N)C(C)(C)C6=O)cn4)CCN3C2=O)CC1)[C@H](O)[C@H](O)[C@H](C)Nc1cncc(C(F)(F)F)n1. The Morgan fingerprint density at radius 3 is 2.35 bits per heavy atom. The lowest BCUT2D eigenvalue weighted by Gasteiger charge is -2.36. The standard InChI is InChI=1S/C50H61F3N14O8/c1-29(61-40-25-55-24-39(63-40)50(51,52)53)41(68)42(69)38(74-4)23-58-46(72)31-9-7-30(8-10-31)45(71)57-14-18-75-19-17-65-28-34-27-64(15-16-66(34)48(65)73)47-59-21-33(22-60-47)36-12-11-35-43(70)49(2,3)67(44(35)62-36)26-32-6-5-13-56-37(32)20-54/h5-6,11-13,21-22,24-25,29-31,34,38,41-42,68-69H,7-10,14-19,23,26-28H2,1-4H3,(H,57,71)(H,58,72)(H,61,63)/t29-,30-,31-,34-,38+,41+,42-/m0/s1. The van der Waals surface area contributed by atoms with Crippen LogP contribution in [-0.2, 0) is 31.8 Å². The Kier molecular flexibility index (Phi) is 16.7. The molecule has 0 aromatic carbocycles. The minimum Gasteiger partial charge on any atom is -0.388 e. The maximum atomic E-state index is 13.5. The van der Waals surface area contributed by atoms with Crippen LogP contribution in [0, 0.1) is 23.2 Å². The zero-order chi connectivity index (χ0) is 53.6. The smallest absolute Gasteiger partial charge is 0.388 e. The number of carbonyl (C=O) groups is 4. The number of carbonyl (C=O) groups excluding carboxylic acids is 4. The number of urea groups is 1. The van der Waals surface area contributed by atoms with E-state index < -0.39 is 41.8 Å². The summed E-state index contributed by atoms with van der Waals surface area (Å²) in [6.45, 7) is 8.53. The number of pyridine rings is 2. The molecule has 8 rings (SSSR count). The minimum absolute atomic E-state index is 0.0634. The van der Waals surface area contributed by atoms with Gasteiger partial charge in [-0.1, -0.05) is 6.07 Å². The quantitative estimate of drug-likeness (QED) is 0.0796. The van der Waals surface area contributed by atoms with Crippen molar-refractivity contribution in [2.45, 2.75) is 95.1 Å². The van der Waals surface area contributed by atoms with Gasteiger partial charge in [0.15, 0.2) is 11.5 Å². The molecule has 1 aliphatic carbocycles. The highest BCUT2D eigenvalue weighted by Gasteiger charge is 2.46. The molecule has 2 saturated heterocycles. The van der Waals surface area contributed by atoms with E-state index in [2.05, 4.69) is 51.8 Å². The van der Waals surface area contributed by atoms with Crippen molar-refractivity contribution < 1.29 is 52.0 Å². The zero-order valence-corrected chi connectivity index (χ0v) is 42.0. The molecule has 0 radical (unpaired) electrons. The Labute approximate surface area is 431 Å². The van der Waals surface area contributed by atoms with Gasteiger partial charge in [0.2, 0.25) is 17.8 Å². The number of methoxy groups -OCH3 is 1. The minimum atomic E-state index is -4.72. The van der Waals surface area contributed by atoms with Crippen LogP contribution in [0.25, 0.3) is 11.3 Å². The Bertz CT molecular complexity index is 2740. The second kappa shape index (κ2) is 23.2. The van der Waals surface area contributed by atoms with Crippen LogP contribution in [0.5, 0.6) is 0 Å². The third-order valence-electron chi connectivity index (χ3n) is 14.4. The van der Waals surface area contributed by atoms with E-state index in [4.69, 9.17) is 14.5 Å². The number of ether oxygens (including phenoxy) is 2. The highest BCUT2D eigenvalue weighted by Crippen LogP contribution is 2.40. The first-order valence-electron chi connectivity index (χ1n) is 24.9. The Morgan fingerprint density at radius 1 is 0.933 bits per heavy atom. The van der Waals surface area contributed by atoms with Crippen LogP contribution in [0.15, 0.2) is 55.2 Å². The number of hydrogen-bond acceptors (Lipinski definition) is 18. The van der Waals surface area contributed by atoms with Gasteiger partial charge in [-0.2, -0.15) is 18.4 Å². The number of nitrogens with one attached hydrogen (secondary N) is 3. The summed E-state index contributed by atoms with van der Waals surface area (Å²) in [6.07, 6.45) is -0.328. The van der Waals surface area contributed by atoms with Crippen molar-refractivity contribution in [1.29, 1.82) is 5.26 Å². The van der Waals surface area contributed by atoms with Gasteiger partial charge in [0.1, 0.15) is 41.7 Å². The lowest BCUT2D eigenvalue weighted by Crippen LogP contribution is -2.52. The molecular weight excluding hydrogens is 982 g/mol. The number of aliphatic hydroxyl groups excluding tert-OH is 2. The number of piperazine rings is 1. The van der Waals surface area contributed by atoms with E-state index in [9.17, 15) is 47.8 Å². The first-order chi connectivity index (χ1) is 35.9. The topological polar surface area (TPSA) is 277 Å². The van der Waals surface area contributed by atoms with E-state index in [1.165, 1.54) is 14.0 Å². The molecular formula is C50H61F3N14O8. The fourth-order valence-corrected chi connectivity index (χ4v) is 9.96. The molecule has 3 aliphatic heterocycles. The van der Waals surface area contributed by atoms with Crippen LogP contribution in [0.3, 0.4) is 0 Å². The van der Waals surface area contributed by atoms with Crippen molar-refractivity contribution in [3.05, 3.63) is 77.8 Å². The predicted molar refractivity (Wildman–Crippen MR) is 264 cm³/mol. The van der Waals surface area contributed by atoms with Gasteiger partial charge in [-0.25, -0.2) is 29.7 Å². The number of aliphatic hydroxyl groups is 2. The number of hydrogen-bond donors (Lipinski definition) is 5. The maximum Gasteiger partial charge on any atom is 0.434 e. The van der Waals surface area contributed by atoms with Crippen LogP contribution in [-0.4, -0.2) is 176 Å². The van der Waals surface area contributed by atoms with Crippen molar-refractivity contribution in [1.82, 2.24) is 50.3 Å². The monoisotopic (exact) mass is 1040 g/mol. The Hall–Kier alpha value is -7.14. The fourth-order valence-electron chi connectivity index (χ4n) is 9.96. The number of rotatable bonds is 20. The molecule has 0 spiro atoms. The first-order valence-corrected chi connectivity index (χ1v) is 24.9. The molecule has 4 aliphatic rings. The summed E-state index contributed by atoms with van der Waals surface area (Å²) in [7, 11) is 1.29. The number of nitriles is 1. The summed E-state index contributed by atoms with van der Waals surface area (Å²) in [5.74, 6) is -0.361. The van der Waals surface area contributed by atoms with Crippen LogP contribution >= 0.6 is 0 Å². The summed E-state index contributed by atoms with van der Waals surface area (Å²) >= 11 is 0. The molecule has 4 aromatic rings. The largest absolute Gasteiger partial charge is 0.434 e.